The van der Waals surface area contributed by atoms with Crippen molar-refractivity contribution in [1.82, 2.24) is 19.5 Å². The van der Waals surface area contributed by atoms with Gasteiger partial charge >= 0.3 is 0 Å². The lowest BCUT2D eigenvalue weighted by molar-refractivity contribution is 0.138. The van der Waals surface area contributed by atoms with Crippen LogP contribution in [0, 0.1) is 0 Å². The third kappa shape index (κ3) is 1.73. The smallest absolute Gasteiger partial charge is 0.183 e. The Kier molecular flexibility index (Phi) is 2.84. The summed E-state index contributed by atoms with van der Waals surface area (Å²) >= 11 is 1.51. The normalized spacial score (nSPS) is 28.0. The molecule has 0 aromatic carbocycles. The van der Waals surface area contributed by atoms with E-state index in [1.807, 2.05) is 4.57 Å². The second-order valence-electron chi connectivity index (χ2n) is 4.20. The second kappa shape index (κ2) is 4.38. The fourth-order valence-electron chi connectivity index (χ4n) is 2.17. The van der Waals surface area contributed by atoms with Gasteiger partial charge in [-0.3, -0.25) is 0 Å². The van der Waals surface area contributed by atoms with E-state index in [4.69, 9.17) is 10.8 Å². The molecule has 0 saturated carbocycles. The van der Waals surface area contributed by atoms with E-state index < -0.39 is 6.10 Å². The van der Waals surface area contributed by atoms with Crippen LogP contribution in [0.15, 0.2) is 12.7 Å². The molecule has 0 bridgehead atoms. The van der Waals surface area contributed by atoms with E-state index in [1.165, 1.54) is 18.1 Å². The summed E-state index contributed by atoms with van der Waals surface area (Å²) in [6.07, 6.45) is 3.06. The molecule has 8 heteroatoms. The van der Waals surface area contributed by atoms with Gasteiger partial charge in [-0.15, -0.1) is 11.8 Å². The van der Waals surface area contributed by atoms with Crippen LogP contribution in [0.5, 0.6) is 0 Å². The molecule has 1 aliphatic rings. The van der Waals surface area contributed by atoms with E-state index >= 15 is 0 Å². The lowest BCUT2D eigenvalue weighted by Gasteiger charge is -2.12. The molecule has 0 amide bonds. The third-order valence-corrected chi connectivity index (χ3v) is 4.63. The van der Waals surface area contributed by atoms with Gasteiger partial charge in [-0.25, -0.2) is 15.0 Å². The van der Waals surface area contributed by atoms with Crippen molar-refractivity contribution in [1.29, 1.82) is 0 Å². The molecule has 3 heterocycles. The first-order valence-electron chi connectivity index (χ1n) is 5.58. The van der Waals surface area contributed by atoms with Gasteiger partial charge in [0.1, 0.15) is 11.8 Å². The van der Waals surface area contributed by atoms with E-state index in [0.29, 0.717) is 23.4 Å². The van der Waals surface area contributed by atoms with Gasteiger partial charge in [0, 0.05) is 6.42 Å². The number of anilines is 1. The predicted molar refractivity (Wildman–Crippen MR) is 67.9 cm³/mol. The number of aliphatic hydroxyl groups excluding tert-OH is 2. The molecule has 18 heavy (non-hydrogen) atoms. The minimum atomic E-state index is -0.520. The van der Waals surface area contributed by atoms with Crippen molar-refractivity contribution in [2.24, 2.45) is 0 Å². The van der Waals surface area contributed by atoms with Gasteiger partial charge in [-0.1, -0.05) is 0 Å². The first-order valence-corrected chi connectivity index (χ1v) is 6.52. The fraction of sp³-hybridized carbons (Fsp3) is 0.500. The average molecular weight is 267 g/mol. The van der Waals surface area contributed by atoms with Crippen molar-refractivity contribution in [2.75, 3.05) is 12.3 Å². The maximum absolute atomic E-state index is 9.82. The Morgan fingerprint density at radius 2 is 2.28 bits per heavy atom. The molecular formula is C10H13N5O2S. The molecular weight excluding hydrogens is 254 g/mol. The zero-order valence-electron chi connectivity index (χ0n) is 9.47. The molecule has 0 spiro atoms. The number of hydrogen-bond donors (Lipinski definition) is 3. The number of nitrogens with zero attached hydrogens (tertiary/aromatic N) is 4. The molecule has 0 unspecified atom stereocenters. The lowest BCUT2D eigenvalue weighted by atomic mass is 10.2. The molecule has 1 saturated heterocycles. The maximum Gasteiger partial charge on any atom is 0.183 e. The third-order valence-electron chi connectivity index (χ3n) is 3.09. The molecule has 2 aromatic rings. The monoisotopic (exact) mass is 267 g/mol. The van der Waals surface area contributed by atoms with Gasteiger partial charge in [0.15, 0.2) is 11.5 Å². The summed E-state index contributed by atoms with van der Waals surface area (Å²) in [5.74, 6) is 0.375. The molecule has 4 N–H and O–H groups in total. The summed E-state index contributed by atoms with van der Waals surface area (Å²) < 4.78 is 1.87. The van der Waals surface area contributed by atoms with E-state index in [2.05, 4.69) is 15.0 Å². The average Bonchev–Trinajstić information content (AvgIpc) is 2.93. The molecule has 3 rings (SSSR count). The number of hydrogen-bond acceptors (Lipinski definition) is 7. The topological polar surface area (TPSA) is 110 Å². The second-order valence-corrected chi connectivity index (χ2v) is 5.62. The molecule has 1 aliphatic heterocycles. The summed E-state index contributed by atoms with van der Waals surface area (Å²) in [6.45, 7) is -0.0407. The molecule has 1 fully saturated rings. The highest BCUT2D eigenvalue weighted by molar-refractivity contribution is 8.00. The largest absolute Gasteiger partial charge is 0.395 e. The Balaban J connectivity index is 2.01. The van der Waals surface area contributed by atoms with Gasteiger partial charge in [0.2, 0.25) is 0 Å². The number of aromatic nitrogens is 4. The summed E-state index contributed by atoms with van der Waals surface area (Å²) in [5, 5.41) is 18.8. The van der Waals surface area contributed by atoms with Crippen LogP contribution in [0.4, 0.5) is 5.82 Å². The number of thioether (sulfide) groups is 1. The first kappa shape index (κ1) is 11.7. The molecule has 3 atom stereocenters. The van der Waals surface area contributed by atoms with E-state index in [-0.39, 0.29) is 17.2 Å². The van der Waals surface area contributed by atoms with Crippen molar-refractivity contribution >= 4 is 28.7 Å². The molecule has 0 aliphatic carbocycles. The van der Waals surface area contributed by atoms with Crippen molar-refractivity contribution in [3.63, 3.8) is 0 Å². The molecule has 96 valence electrons. The van der Waals surface area contributed by atoms with Crippen LogP contribution in [0.3, 0.4) is 0 Å². The Bertz CT molecular complexity index is 574. The molecule has 2 aromatic heterocycles. The number of nitrogens with two attached hydrogens (primary N) is 1. The summed E-state index contributed by atoms with van der Waals surface area (Å²) in [5.41, 5.74) is 7.07. The zero-order chi connectivity index (χ0) is 12.7. The Morgan fingerprint density at radius 1 is 1.44 bits per heavy atom. The Hall–Kier alpha value is -1.38. The highest BCUT2D eigenvalue weighted by Crippen LogP contribution is 2.42. The minimum absolute atomic E-state index is 0.00421. The predicted octanol–water partition coefficient (Wildman–Crippen LogP) is -0.234. The fourth-order valence-corrected chi connectivity index (χ4v) is 3.55. The van der Waals surface area contributed by atoms with Crippen LogP contribution < -0.4 is 5.73 Å². The Morgan fingerprint density at radius 3 is 3.00 bits per heavy atom. The van der Waals surface area contributed by atoms with Gasteiger partial charge in [-0.2, -0.15) is 0 Å². The van der Waals surface area contributed by atoms with Crippen LogP contribution in [0.1, 0.15) is 11.8 Å². The van der Waals surface area contributed by atoms with Crippen molar-refractivity contribution < 1.29 is 10.2 Å². The quantitative estimate of drug-likeness (QED) is 0.689. The van der Waals surface area contributed by atoms with Crippen LogP contribution in [0.2, 0.25) is 0 Å². The molecule has 0 radical (unpaired) electrons. The van der Waals surface area contributed by atoms with Crippen molar-refractivity contribution in [3.05, 3.63) is 12.7 Å². The van der Waals surface area contributed by atoms with Crippen LogP contribution in [-0.4, -0.2) is 47.7 Å². The Labute approximate surface area is 107 Å². The first-order chi connectivity index (χ1) is 8.70. The van der Waals surface area contributed by atoms with Gasteiger partial charge in [0.25, 0.3) is 0 Å². The summed E-state index contributed by atoms with van der Waals surface area (Å²) in [4.78, 5) is 12.2. The van der Waals surface area contributed by atoms with Gasteiger partial charge in [0.05, 0.1) is 29.7 Å². The van der Waals surface area contributed by atoms with Crippen LogP contribution >= 0.6 is 11.8 Å². The number of imidazole rings is 1. The standard InChI is InChI=1S/C10H13N5O2S/c11-9-8-10(13-3-12-9)14-4-15(8)7-1-5(17)6(2-16)18-7/h3-7,16-17H,1-2H2,(H2,11,12,13)/t5-,6+,7+/m0/s1. The highest BCUT2D eigenvalue weighted by atomic mass is 32.2. The highest BCUT2D eigenvalue weighted by Gasteiger charge is 2.35. The van der Waals surface area contributed by atoms with Gasteiger partial charge < -0.3 is 20.5 Å². The van der Waals surface area contributed by atoms with E-state index in [0.717, 1.165) is 0 Å². The number of fused-ring (bicyclic) bond motifs is 1. The van der Waals surface area contributed by atoms with Crippen LogP contribution in [0.25, 0.3) is 11.2 Å². The van der Waals surface area contributed by atoms with E-state index in [9.17, 15) is 5.11 Å². The summed E-state index contributed by atoms with van der Waals surface area (Å²) in [7, 11) is 0. The summed E-state index contributed by atoms with van der Waals surface area (Å²) in [6, 6.07) is 0. The zero-order valence-corrected chi connectivity index (χ0v) is 10.3. The number of aliphatic hydroxyl groups is 2. The molecule has 7 nitrogen and oxygen atoms in total. The SMILES string of the molecule is Nc1ncnc2ncn([C@H]3C[C@H](O)[C@@H](CO)S3)c12. The van der Waals surface area contributed by atoms with E-state index in [1.54, 1.807) is 6.33 Å². The van der Waals surface area contributed by atoms with Crippen molar-refractivity contribution in [3.8, 4) is 0 Å². The maximum atomic E-state index is 9.82. The number of rotatable bonds is 2. The minimum Gasteiger partial charge on any atom is -0.395 e. The van der Waals surface area contributed by atoms with Crippen LogP contribution in [-0.2, 0) is 0 Å². The van der Waals surface area contributed by atoms with Crippen molar-refractivity contribution in [2.45, 2.75) is 23.1 Å². The number of nitrogen functional groups attached to an aromatic ring is 1. The lowest BCUT2D eigenvalue weighted by Crippen LogP contribution is -2.20. The van der Waals surface area contributed by atoms with Gasteiger partial charge in [-0.05, 0) is 0 Å².